The Kier molecular flexibility index (Phi) is 6.80. The first-order valence-corrected chi connectivity index (χ1v) is 8.51. The number of hydrogen-bond donors (Lipinski definition) is 2. The van der Waals surface area contributed by atoms with Crippen molar-refractivity contribution in [1.82, 2.24) is 15.1 Å². The van der Waals surface area contributed by atoms with E-state index in [2.05, 4.69) is 5.32 Å². The second-order valence-corrected chi connectivity index (χ2v) is 6.33. The molecule has 3 amide bonds. The summed E-state index contributed by atoms with van der Waals surface area (Å²) in [6.45, 7) is 1.30. The lowest BCUT2D eigenvalue weighted by molar-refractivity contribution is -0.137. The quantitative estimate of drug-likeness (QED) is 0.779. The van der Waals surface area contributed by atoms with E-state index in [1.807, 2.05) is 30.3 Å². The lowest BCUT2D eigenvalue weighted by Crippen LogP contribution is -2.45. The minimum absolute atomic E-state index is 0.0829. The highest BCUT2D eigenvalue weighted by molar-refractivity contribution is 5.78. The minimum Gasteiger partial charge on any atom is -0.481 e. The molecule has 1 aliphatic rings. The van der Waals surface area contributed by atoms with Gasteiger partial charge >= 0.3 is 12.0 Å². The Morgan fingerprint density at radius 3 is 2.64 bits per heavy atom. The maximum absolute atomic E-state index is 12.3. The van der Waals surface area contributed by atoms with Crippen molar-refractivity contribution in [2.24, 2.45) is 0 Å². The molecule has 0 spiro atoms. The second kappa shape index (κ2) is 9.05. The fourth-order valence-electron chi connectivity index (χ4n) is 2.81. The number of nitrogens with one attached hydrogen (secondary N) is 1. The number of hydrogen-bond acceptors (Lipinski definition) is 3. The van der Waals surface area contributed by atoms with Crippen LogP contribution in [0.4, 0.5) is 4.79 Å². The molecule has 1 aromatic carbocycles. The number of nitrogens with zero attached hydrogens (tertiary/aromatic N) is 2. The molecule has 0 saturated carbocycles. The Balaban J connectivity index is 1.72. The molecule has 0 bridgehead atoms. The molecule has 1 fully saturated rings. The highest BCUT2D eigenvalue weighted by Gasteiger charge is 2.27. The molecule has 136 valence electrons. The van der Waals surface area contributed by atoms with E-state index in [4.69, 9.17) is 5.11 Å². The average Bonchev–Trinajstić information content (AvgIpc) is 3.07. The zero-order chi connectivity index (χ0) is 18.2. The third kappa shape index (κ3) is 6.10. The fraction of sp³-hybridized carbons (Fsp3) is 0.500. The molecule has 7 heteroatoms. The molecule has 2 rings (SSSR count). The van der Waals surface area contributed by atoms with Crippen LogP contribution in [-0.2, 0) is 16.0 Å². The van der Waals surface area contributed by atoms with Crippen LogP contribution in [0, 0.1) is 0 Å². The Morgan fingerprint density at radius 1 is 1.24 bits per heavy atom. The van der Waals surface area contributed by atoms with Crippen molar-refractivity contribution in [2.45, 2.75) is 31.7 Å². The topological polar surface area (TPSA) is 89.9 Å². The summed E-state index contributed by atoms with van der Waals surface area (Å²) in [4.78, 5) is 38.0. The molecular formula is C18H25N3O4. The summed E-state index contributed by atoms with van der Waals surface area (Å²) < 4.78 is 0. The van der Waals surface area contributed by atoms with Crippen LogP contribution in [0.1, 0.15) is 24.8 Å². The van der Waals surface area contributed by atoms with Gasteiger partial charge in [-0.05, 0) is 18.4 Å². The Bertz CT molecular complexity index is 606. The summed E-state index contributed by atoms with van der Waals surface area (Å²) >= 11 is 0. The van der Waals surface area contributed by atoms with Crippen LogP contribution >= 0.6 is 0 Å². The molecule has 1 saturated heterocycles. The molecule has 1 heterocycles. The van der Waals surface area contributed by atoms with E-state index in [1.165, 1.54) is 4.90 Å². The Morgan fingerprint density at radius 2 is 1.96 bits per heavy atom. The van der Waals surface area contributed by atoms with Gasteiger partial charge in [0, 0.05) is 39.1 Å². The van der Waals surface area contributed by atoms with Gasteiger partial charge in [-0.2, -0.15) is 0 Å². The predicted molar refractivity (Wildman–Crippen MR) is 93.2 cm³/mol. The van der Waals surface area contributed by atoms with Gasteiger partial charge in [0.05, 0.1) is 6.42 Å². The smallest absolute Gasteiger partial charge is 0.317 e. The zero-order valence-electron chi connectivity index (χ0n) is 14.5. The van der Waals surface area contributed by atoms with Gasteiger partial charge in [-0.25, -0.2) is 4.79 Å². The van der Waals surface area contributed by atoms with E-state index >= 15 is 0 Å². The molecule has 1 aliphatic heterocycles. The van der Waals surface area contributed by atoms with E-state index in [1.54, 1.807) is 11.9 Å². The van der Waals surface area contributed by atoms with Crippen molar-refractivity contribution in [3.05, 3.63) is 35.9 Å². The Labute approximate surface area is 147 Å². The maximum atomic E-state index is 12.3. The van der Waals surface area contributed by atoms with Crippen molar-refractivity contribution in [1.29, 1.82) is 0 Å². The number of carboxylic acids is 1. The van der Waals surface area contributed by atoms with Crippen molar-refractivity contribution in [3.63, 3.8) is 0 Å². The van der Waals surface area contributed by atoms with Gasteiger partial charge in [0.25, 0.3) is 0 Å². The molecule has 1 unspecified atom stereocenters. The number of carbonyl (C=O) groups excluding carboxylic acids is 2. The van der Waals surface area contributed by atoms with E-state index in [0.717, 1.165) is 12.0 Å². The van der Waals surface area contributed by atoms with Crippen LogP contribution in [0.25, 0.3) is 0 Å². The number of amides is 3. The normalized spacial score (nSPS) is 16.5. The molecule has 1 aromatic rings. The summed E-state index contributed by atoms with van der Waals surface area (Å²) in [7, 11) is 1.57. The summed E-state index contributed by atoms with van der Waals surface area (Å²) in [5.41, 5.74) is 1.14. The fourth-order valence-corrected chi connectivity index (χ4v) is 2.81. The van der Waals surface area contributed by atoms with Crippen LogP contribution in [-0.4, -0.2) is 65.5 Å². The van der Waals surface area contributed by atoms with Crippen LogP contribution in [0.3, 0.4) is 0 Å². The molecule has 2 N–H and O–H groups in total. The number of carbonyl (C=O) groups is 3. The van der Waals surface area contributed by atoms with Crippen molar-refractivity contribution in [3.8, 4) is 0 Å². The summed E-state index contributed by atoms with van der Waals surface area (Å²) in [6, 6.07) is 9.50. The van der Waals surface area contributed by atoms with E-state index in [9.17, 15) is 14.4 Å². The van der Waals surface area contributed by atoms with Gasteiger partial charge in [-0.15, -0.1) is 0 Å². The lowest BCUT2D eigenvalue weighted by atomic mass is 10.1. The lowest BCUT2D eigenvalue weighted by Gasteiger charge is -2.21. The third-order valence-corrected chi connectivity index (χ3v) is 4.35. The first-order chi connectivity index (χ1) is 12.0. The number of urea groups is 1. The Hall–Kier alpha value is -2.57. The van der Waals surface area contributed by atoms with Gasteiger partial charge in [-0.3, -0.25) is 9.59 Å². The van der Waals surface area contributed by atoms with E-state index in [0.29, 0.717) is 25.9 Å². The number of aliphatic carboxylic acids is 1. The van der Waals surface area contributed by atoms with E-state index in [-0.39, 0.29) is 30.9 Å². The monoisotopic (exact) mass is 347 g/mol. The summed E-state index contributed by atoms with van der Waals surface area (Å²) in [5, 5.41) is 11.5. The third-order valence-electron chi connectivity index (χ3n) is 4.35. The zero-order valence-corrected chi connectivity index (χ0v) is 14.5. The number of aryl methyl sites for hydroxylation is 1. The molecular weight excluding hydrogens is 322 g/mol. The standard InChI is InChI=1S/C18H25N3O4/c1-20(11-10-17(23)24)18(25)19-15-9-12-21(13-15)16(22)8-7-14-5-3-2-4-6-14/h2-6,15H,7-13H2,1H3,(H,19,25)(H,23,24). The van der Waals surface area contributed by atoms with E-state index < -0.39 is 5.97 Å². The largest absolute Gasteiger partial charge is 0.481 e. The molecule has 0 aliphatic carbocycles. The van der Waals surface area contributed by atoms with Crippen molar-refractivity contribution >= 4 is 17.9 Å². The first-order valence-electron chi connectivity index (χ1n) is 8.51. The average molecular weight is 347 g/mol. The molecule has 25 heavy (non-hydrogen) atoms. The van der Waals surface area contributed by atoms with Gasteiger partial charge < -0.3 is 20.2 Å². The summed E-state index contributed by atoms with van der Waals surface area (Å²) in [5.74, 6) is -0.837. The molecule has 7 nitrogen and oxygen atoms in total. The number of rotatable bonds is 7. The van der Waals surface area contributed by atoms with Crippen LogP contribution < -0.4 is 5.32 Å². The first kappa shape index (κ1) is 18.8. The predicted octanol–water partition coefficient (Wildman–Crippen LogP) is 1.34. The van der Waals surface area contributed by atoms with Crippen LogP contribution in [0.2, 0.25) is 0 Å². The van der Waals surface area contributed by atoms with Crippen molar-refractivity contribution in [2.75, 3.05) is 26.7 Å². The number of benzene rings is 1. The highest BCUT2D eigenvalue weighted by Crippen LogP contribution is 2.13. The minimum atomic E-state index is -0.935. The van der Waals surface area contributed by atoms with Gasteiger partial charge in [-0.1, -0.05) is 30.3 Å². The van der Waals surface area contributed by atoms with Crippen molar-refractivity contribution < 1.29 is 19.5 Å². The van der Waals surface area contributed by atoms with Gasteiger partial charge in [0.2, 0.25) is 5.91 Å². The van der Waals surface area contributed by atoms with Crippen LogP contribution in [0.15, 0.2) is 30.3 Å². The van der Waals surface area contributed by atoms with Gasteiger partial charge in [0.1, 0.15) is 0 Å². The van der Waals surface area contributed by atoms with Crippen LogP contribution in [0.5, 0.6) is 0 Å². The van der Waals surface area contributed by atoms with Gasteiger partial charge in [0.15, 0.2) is 0 Å². The highest BCUT2D eigenvalue weighted by atomic mass is 16.4. The number of carboxylic acid groups (broad SMARTS) is 1. The SMILES string of the molecule is CN(CCC(=O)O)C(=O)NC1CCN(C(=O)CCc2ccccc2)C1. The maximum Gasteiger partial charge on any atom is 0.317 e. The number of likely N-dealkylation sites (tertiary alicyclic amines) is 1. The molecule has 0 radical (unpaired) electrons. The molecule has 0 aromatic heterocycles. The second-order valence-electron chi connectivity index (χ2n) is 6.33. The molecule has 1 atom stereocenters. The summed E-state index contributed by atoms with van der Waals surface area (Å²) in [6.07, 6.45) is 1.81.